The van der Waals surface area contributed by atoms with Crippen molar-refractivity contribution in [1.82, 2.24) is 21.2 Å². The number of anilines is 1. The highest BCUT2D eigenvalue weighted by Gasteiger charge is 2.30. The maximum atomic E-state index is 6.09. The van der Waals surface area contributed by atoms with Crippen molar-refractivity contribution in [2.45, 2.75) is 69.1 Å². The molecular formula is C28H38N8. The highest BCUT2D eigenvalue weighted by Crippen LogP contribution is 2.29. The quantitative estimate of drug-likeness (QED) is 0.337. The Labute approximate surface area is 213 Å². The molecule has 8 heteroatoms. The monoisotopic (exact) mass is 486 g/mol. The Morgan fingerprint density at radius 1 is 0.972 bits per heavy atom. The lowest BCUT2D eigenvalue weighted by Gasteiger charge is -2.28. The molecule has 1 saturated carbocycles. The number of nitrogens with two attached hydrogens (primary N) is 2. The number of rotatable bonds is 8. The lowest BCUT2D eigenvalue weighted by atomic mass is 9.92. The molecule has 1 aromatic carbocycles. The third kappa shape index (κ3) is 5.95. The summed E-state index contributed by atoms with van der Waals surface area (Å²) in [7, 11) is 0. The number of nitrogens with one attached hydrogen (secondary N) is 4. The lowest BCUT2D eigenvalue weighted by molar-refractivity contribution is 0.359. The van der Waals surface area contributed by atoms with Gasteiger partial charge in [-0.2, -0.15) is 0 Å². The molecule has 190 valence electrons. The first-order chi connectivity index (χ1) is 17.7. The summed E-state index contributed by atoms with van der Waals surface area (Å²) in [5, 5.41) is 7.25. The molecule has 2 atom stereocenters. The Hall–Kier alpha value is -3.20. The van der Waals surface area contributed by atoms with E-state index >= 15 is 0 Å². The molecule has 0 amide bonds. The van der Waals surface area contributed by atoms with Crippen molar-refractivity contribution >= 4 is 11.7 Å². The fourth-order valence-corrected chi connectivity index (χ4v) is 5.20. The molecule has 1 saturated heterocycles. The number of hydrazine groups is 1. The summed E-state index contributed by atoms with van der Waals surface area (Å²) >= 11 is 0. The minimum absolute atomic E-state index is 0.0674. The van der Waals surface area contributed by atoms with Crippen LogP contribution in [0, 0.1) is 0 Å². The van der Waals surface area contributed by atoms with Gasteiger partial charge in [-0.05, 0) is 75.3 Å². The van der Waals surface area contributed by atoms with Crippen molar-refractivity contribution in [2.75, 3.05) is 11.9 Å². The van der Waals surface area contributed by atoms with Crippen molar-refractivity contribution in [1.29, 1.82) is 0 Å². The molecule has 3 aliphatic rings. The van der Waals surface area contributed by atoms with Gasteiger partial charge in [0.15, 0.2) is 0 Å². The summed E-state index contributed by atoms with van der Waals surface area (Å²) < 4.78 is 0. The van der Waals surface area contributed by atoms with Gasteiger partial charge in [0.1, 0.15) is 17.5 Å². The van der Waals surface area contributed by atoms with Crippen LogP contribution in [0.15, 0.2) is 77.1 Å². The molecule has 0 radical (unpaired) electrons. The van der Waals surface area contributed by atoms with Crippen molar-refractivity contribution in [2.24, 2.45) is 16.5 Å². The second kappa shape index (κ2) is 11.7. The molecule has 1 aromatic heterocycles. The average molecular weight is 487 g/mol. The molecule has 0 spiro atoms. The average Bonchev–Trinajstić information content (AvgIpc) is 3.28. The van der Waals surface area contributed by atoms with E-state index < -0.39 is 0 Å². The topological polar surface area (TPSA) is 125 Å². The van der Waals surface area contributed by atoms with Gasteiger partial charge in [0.05, 0.1) is 17.8 Å². The van der Waals surface area contributed by atoms with Gasteiger partial charge >= 0.3 is 0 Å². The van der Waals surface area contributed by atoms with Gasteiger partial charge < -0.3 is 27.5 Å². The van der Waals surface area contributed by atoms with Crippen molar-refractivity contribution in [3.05, 3.63) is 83.3 Å². The number of allylic oxidation sites excluding steroid dienone is 2. The van der Waals surface area contributed by atoms with Crippen LogP contribution in [0.4, 0.5) is 5.82 Å². The summed E-state index contributed by atoms with van der Waals surface area (Å²) in [6.45, 7) is 0.602. The number of amidine groups is 1. The van der Waals surface area contributed by atoms with Crippen molar-refractivity contribution < 1.29 is 0 Å². The molecular weight excluding hydrogens is 448 g/mol. The Morgan fingerprint density at radius 2 is 1.78 bits per heavy atom. The minimum Gasteiger partial charge on any atom is -0.368 e. The second-order valence-electron chi connectivity index (χ2n) is 9.88. The van der Waals surface area contributed by atoms with E-state index in [-0.39, 0.29) is 12.1 Å². The highest BCUT2D eigenvalue weighted by atomic mass is 15.4. The maximum Gasteiger partial charge on any atom is 0.147 e. The predicted molar refractivity (Wildman–Crippen MR) is 146 cm³/mol. The van der Waals surface area contributed by atoms with Crippen LogP contribution >= 0.6 is 0 Å². The molecule has 0 bridgehead atoms. The molecule has 2 aliphatic heterocycles. The molecule has 8 nitrogen and oxygen atoms in total. The molecule has 3 heterocycles. The van der Waals surface area contributed by atoms with Gasteiger partial charge in [-0.3, -0.25) is 0 Å². The first-order valence-electron chi connectivity index (χ1n) is 13.2. The second-order valence-corrected chi connectivity index (χ2v) is 9.88. The van der Waals surface area contributed by atoms with Crippen LogP contribution in [0.2, 0.25) is 0 Å². The van der Waals surface area contributed by atoms with Crippen molar-refractivity contribution in [3.8, 4) is 0 Å². The first-order valence-corrected chi connectivity index (χ1v) is 13.2. The van der Waals surface area contributed by atoms with Gasteiger partial charge in [-0.25, -0.2) is 15.4 Å². The van der Waals surface area contributed by atoms with E-state index in [0.717, 1.165) is 73.7 Å². The fraction of sp³-hybridized carbons (Fsp3) is 0.429. The van der Waals surface area contributed by atoms with Crippen LogP contribution in [0.25, 0.3) is 0 Å². The highest BCUT2D eigenvalue weighted by molar-refractivity contribution is 6.01. The molecule has 2 fully saturated rings. The zero-order valence-electron chi connectivity index (χ0n) is 20.8. The number of hydrogen-bond donors (Lipinski definition) is 6. The van der Waals surface area contributed by atoms with Gasteiger partial charge in [-0.15, -0.1) is 0 Å². The molecule has 2 aromatic rings. The number of aromatic nitrogens is 1. The van der Waals surface area contributed by atoms with Crippen LogP contribution in [0.5, 0.6) is 0 Å². The van der Waals surface area contributed by atoms with Crippen LogP contribution in [0.3, 0.4) is 0 Å². The van der Waals surface area contributed by atoms with Crippen LogP contribution < -0.4 is 33.0 Å². The van der Waals surface area contributed by atoms with E-state index in [4.69, 9.17) is 21.4 Å². The van der Waals surface area contributed by atoms with E-state index in [2.05, 4.69) is 70.0 Å². The number of pyridine rings is 1. The first kappa shape index (κ1) is 24.5. The predicted octanol–water partition coefficient (Wildman–Crippen LogP) is 3.55. The molecule has 36 heavy (non-hydrogen) atoms. The Morgan fingerprint density at radius 3 is 2.58 bits per heavy atom. The van der Waals surface area contributed by atoms with E-state index in [9.17, 15) is 0 Å². The third-order valence-corrected chi connectivity index (χ3v) is 7.19. The number of aliphatic imine (C=N–C) groups is 1. The zero-order chi connectivity index (χ0) is 24.7. The number of fused-ring (bicyclic) bond motifs is 1. The number of benzene rings is 1. The fourth-order valence-electron chi connectivity index (χ4n) is 5.20. The maximum absolute atomic E-state index is 6.09. The van der Waals surface area contributed by atoms with E-state index in [1.165, 1.54) is 5.56 Å². The number of hydrogen-bond acceptors (Lipinski definition) is 8. The summed E-state index contributed by atoms with van der Waals surface area (Å²) in [5.41, 5.74) is 22.0. The van der Waals surface area contributed by atoms with Gasteiger partial charge in [-0.1, -0.05) is 42.5 Å². The van der Waals surface area contributed by atoms with Crippen LogP contribution in [-0.4, -0.2) is 29.4 Å². The normalized spacial score (nSPS) is 24.7. The van der Waals surface area contributed by atoms with E-state index in [1.54, 1.807) is 0 Å². The summed E-state index contributed by atoms with van der Waals surface area (Å²) in [6.07, 6.45) is 11.5. The summed E-state index contributed by atoms with van der Waals surface area (Å²) in [5.74, 6) is 2.64. The Bertz CT molecular complexity index is 1100. The minimum atomic E-state index is -0.0674. The van der Waals surface area contributed by atoms with Crippen LogP contribution in [0.1, 0.15) is 68.3 Å². The standard InChI is InChI=1S/C28H38N8/c29-18-17-23(19-7-2-1-3-8-19)32-26-12-6-10-24(33-26)27-22-9-4-5-11-25(34-28(22)36-35-27)31-21-15-13-20(30)14-16-21/h1-3,6-12,20-21,23,27,31,35H,4-5,13-18,29-30H2,(H,32,33)(H,34,36). The summed E-state index contributed by atoms with van der Waals surface area (Å²) in [4.78, 5) is 9.93. The van der Waals surface area contributed by atoms with Gasteiger partial charge in [0.25, 0.3) is 0 Å². The van der Waals surface area contributed by atoms with E-state index in [0.29, 0.717) is 18.6 Å². The van der Waals surface area contributed by atoms with Crippen LogP contribution in [-0.2, 0) is 0 Å². The lowest BCUT2D eigenvalue weighted by Crippen LogP contribution is -2.37. The largest absolute Gasteiger partial charge is 0.368 e. The Balaban J connectivity index is 1.31. The molecule has 1 aliphatic carbocycles. The molecule has 2 unspecified atom stereocenters. The summed E-state index contributed by atoms with van der Waals surface area (Å²) in [6, 6.07) is 17.4. The molecule has 5 rings (SSSR count). The smallest absolute Gasteiger partial charge is 0.147 e. The van der Waals surface area contributed by atoms with Gasteiger partial charge in [0.2, 0.25) is 0 Å². The number of nitrogens with zero attached hydrogens (tertiary/aromatic N) is 2. The molecule has 8 N–H and O–H groups in total. The zero-order valence-corrected chi connectivity index (χ0v) is 20.8. The third-order valence-electron chi connectivity index (χ3n) is 7.19. The van der Waals surface area contributed by atoms with Gasteiger partial charge in [0, 0.05) is 17.7 Å². The Kier molecular flexibility index (Phi) is 7.95. The van der Waals surface area contributed by atoms with E-state index in [1.807, 2.05) is 12.1 Å². The SMILES string of the molecule is NCCC(Nc1cccc(C2NNC3=NC(NC4CCC(N)CC4)=CCCC=C32)n1)c1ccccc1. The van der Waals surface area contributed by atoms with Crippen molar-refractivity contribution in [3.63, 3.8) is 0 Å².